The van der Waals surface area contributed by atoms with Gasteiger partial charge in [-0.15, -0.1) is 0 Å². The molecule has 0 aliphatic heterocycles. The summed E-state index contributed by atoms with van der Waals surface area (Å²) in [7, 11) is 3.86. The summed E-state index contributed by atoms with van der Waals surface area (Å²) in [5.74, 6) is 0. The Morgan fingerprint density at radius 3 is 2.53 bits per heavy atom. The summed E-state index contributed by atoms with van der Waals surface area (Å²) in [6.07, 6.45) is 2.03. The molecule has 0 bridgehead atoms. The first-order chi connectivity index (χ1) is 8.13. The average Bonchev–Trinajstić information content (AvgIpc) is 2.62. The van der Waals surface area contributed by atoms with E-state index in [1.54, 1.807) is 0 Å². The highest BCUT2D eigenvalue weighted by Gasteiger charge is 2.18. The van der Waals surface area contributed by atoms with Crippen LogP contribution >= 0.6 is 11.6 Å². The molecule has 90 valence electrons. The van der Waals surface area contributed by atoms with Crippen LogP contribution in [0.1, 0.15) is 22.9 Å². The largest absolute Gasteiger partial charge is 0.309 e. The fourth-order valence-electron chi connectivity index (χ4n) is 2.09. The lowest BCUT2D eigenvalue weighted by atomic mass is 10.00. The summed E-state index contributed by atoms with van der Waals surface area (Å²) in [5, 5.41) is 8.43. The number of halogens is 1. The molecule has 0 saturated heterocycles. The fourth-order valence-corrected chi connectivity index (χ4v) is 2.33. The molecule has 0 aliphatic carbocycles. The van der Waals surface area contributed by atoms with Crippen molar-refractivity contribution >= 4 is 11.6 Å². The van der Waals surface area contributed by atoms with Crippen LogP contribution in [0.2, 0.25) is 5.02 Å². The fraction of sp³-hybridized carbons (Fsp3) is 0.308. The number of aryl methyl sites for hydroxylation is 2. The summed E-state index contributed by atoms with van der Waals surface area (Å²) >= 11 is 6.24. The molecule has 2 rings (SSSR count). The maximum absolute atomic E-state index is 6.24. The van der Waals surface area contributed by atoms with Gasteiger partial charge in [-0.25, -0.2) is 0 Å². The Bertz CT molecular complexity index is 519. The molecule has 1 heterocycles. The summed E-state index contributed by atoms with van der Waals surface area (Å²) in [6, 6.07) is 7.96. The molecular formula is C13H16ClN3. The number of benzene rings is 1. The van der Waals surface area contributed by atoms with Gasteiger partial charge in [-0.05, 0) is 25.6 Å². The molecule has 0 saturated carbocycles. The van der Waals surface area contributed by atoms with Gasteiger partial charge in [0.05, 0.1) is 11.7 Å². The lowest BCUT2D eigenvalue weighted by Gasteiger charge is -2.17. The Labute approximate surface area is 106 Å². The van der Waals surface area contributed by atoms with E-state index in [-0.39, 0.29) is 6.04 Å². The molecule has 2 aromatic rings. The molecule has 1 aromatic carbocycles. The first kappa shape index (κ1) is 12.1. The molecule has 0 spiro atoms. The number of hydrogen-bond acceptors (Lipinski definition) is 2. The van der Waals surface area contributed by atoms with Gasteiger partial charge in [0, 0.05) is 23.8 Å². The summed E-state index contributed by atoms with van der Waals surface area (Å²) in [4.78, 5) is 0. The van der Waals surface area contributed by atoms with E-state index in [4.69, 9.17) is 11.6 Å². The number of nitrogens with one attached hydrogen (secondary N) is 1. The van der Waals surface area contributed by atoms with Crippen molar-refractivity contribution in [2.24, 2.45) is 7.05 Å². The standard InChI is InChI=1S/C13H16ClN3/c1-9-11(8-17(3)16-9)13(15-2)10-6-4-5-7-12(10)14/h4-8,13,15H,1-3H3. The Hall–Kier alpha value is -1.32. The van der Waals surface area contributed by atoms with Gasteiger partial charge in [0.25, 0.3) is 0 Å². The predicted molar refractivity (Wildman–Crippen MR) is 70.3 cm³/mol. The molecule has 1 unspecified atom stereocenters. The Balaban J connectivity index is 2.47. The van der Waals surface area contributed by atoms with Gasteiger partial charge in [-0.1, -0.05) is 29.8 Å². The Kier molecular flexibility index (Phi) is 3.50. The summed E-state index contributed by atoms with van der Waals surface area (Å²) in [6.45, 7) is 2.01. The topological polar surface area (TPSA) is 29.9 Å². The highest BCUT2D eigenvalue weighted by Crippen LogP contribution is 2.29. The zero-order valence-corrected chi connectivity index (χ0v) is 11.0. The van der Waals surface area contributed by atoms with Gasteiger partial charge in [-0.2, -0.15) is 5.10 Å². The third kappa shape index (κ3) is 2.35. The monoisotopic (exact) mass is 249 g/mol. The Morgan fingerprint density at radius 1 is 1.29 bits per heavy atom. The van der Waals surface area contributed by atoms with Gasteiger partial charge >= 0.3 is 0 Å². The van der Waals surface area contributed by atoms with E-state index in [0.717, 1.165) is 21.8 Å². The second-order valence-corrected chi connectivity index (χ2v) is 4.49. The van der Waals surface area contributed by atoms with Crippen LogP contribution in [0.4, 0.5) is 0 Å². The summed E-state index contributed by atoms with van der Waals surface area (Å²) in [5.41, 5.74) is 3.25. The lowest BCUT2D eigenvalue weighted by molar-refractivity contribution is 0.687. The van der Waals surface area contributed by atoms with Gasteiger partial charge in [0.1, 0.15) is 0 Å². The minimum absolute atomic E-state index is 0.0809. The van der Waals surface area contributed by atoms with Crippen molar-refractivity contribution in [3.63, 3.8) is 0 Å². The van der Waals surface area contributed by atoms with Crippen LogP contribution in [0.25, 0.3) is 0 Å². The first-order valence-electron chi connectivity index (χ1n) is 5.55. The van der Waals surface area contributed by atoms with E-state index >= 15 is 0 Å². The SMILES string of the molecule is CNC(c1ccccc1Cl)c1cn(C)nc1C. The second kappa shape index (κ2) is 4.90. The lowest BCUT2D eigenvalue weighted by Crippen LogP contribution is -2.18. The van der Waals surface area contributed by atoms with E-state index in [1.165, 1.54) is 0 Å². The van der Waals surface area contributed by atoms with Crippen molar-refractivity contribution in [3.8, 4) is 0 Å². The van der Waals surface area contributed by atoms with Crippen molar-refractivity contribution < 1.29 is 0 Å². The molecule has 0 aliphatic rings. The molecule has 0 radical (unpaired) electrons. The zero-order chi connectivity index (χ0) is 12.4. The van der Waals surface area contributed by atoms with Crippen LogP contribution in [-0.2, 0) is 7.05 Å². The Morgan fingerprint density at radius 2 is 2.00 bits per heavy atom. The van der Waals surface area contributed by atoms with Gasteiger partial charge in [0.2, 0.25) is 0 Å². The van der Waals surface area contributed by atoms with E-state index < -0.39 is 0 Å². The third-order valence-corrected chi connectivity index (χ3v) is 3.21. The van der Waals surface area contributed by atoms with Gasteiger partial charge in [0.15, 0.2) is 0 Å². The first-order valence-corrected chi connectivity index (χ1v) is 5.93. The van der Waals surface area contributed by atoms with Crippen LogP contribution in [-0.4, -0.2) is 16.8 Å². The van der Waals surface area contributed by atoms with Crippen molar-refractivity contribution in [1.29, 1.82) is 0 Å². The van der Waals surface area contributed by atoms with Crippen molar-refractivity contribution in [2.45, 2.75) is 13.0 Å². The second-order valence-electron chi connectivity index (χ2n) is 4.09. The van der Waals surface area contributed by atoms with E-state index in [9.17, 15) is 0 Å². The molecule has 1 atom stereocenters. The average molecular weight is 250 g/mol. The number of nitrogens with zero attached hydrogens (tertiary/aromatic N) is 2. The minimum Gasteiger partial charge on any atom is -0.309 e. The minimum atomic E-state index is 0.0809. The normalized spacial score (nSPS) is 12.7. The van der Waals surface area contributed by atoms with Crippen molar-refractivity contribution in [2.75, 3.05) is 7.05 Å². The molecule has 4 heteroatoms. The van der Waals surface area contributed by atoms with Gasteiger partial charge in [-0.3, -0.25) is 4.68 Å². The van der Waals surface area contributed by atoms with Crippen molar-refractivity contribution in [3.05, 3.63) is 52.3 Å². The third-order valence-electron chi connectivity index (χ3n) is 2.87. The van der Waals surface area contributed by atoms with E-state index in [1.807, 2.05) is 56.2 Å². The van der Waals surface area contributed by atoms with Gasteiger partial charge < -0.3 is 5.32 Å². The quantitative estimate of drug-likeness (QED) is 0.907. The number of aromatic nitrogens is 2. The molecule has 1 aromatic heterocycles. The van der Waals surface area contributed by atoms with Crippen LogP contribution in [0.5, 0.6) is 0 Å². The molecule has 0 fully saturated rings. The maximum Gasteiger partial charge on any atom is 0.0644 e. The van der Waals surface area contributed by atoms with Crippen LogP contribution in [0, 0.1) is 6.92 Å². The maximum atomic E-state index is 6.24. The molecule has 17 heavy (non-hydrogen) atoms. The van der Waals surface area contributed by atoms with Crippen LogP contribution in [0.3, 0.4) is 0 Å². The molecular weight excluding hydrogens is 234 g/mol. The van der Waals surface area contributed by atoms with E-state index in [0.29, 0.717) is 0 Å². The van der Waals surface area contributed by atoms with E-state index in [2.05, 4.69) is 10.4 Å². The van der Waals surface area contributed by atoms with Crippen LogP contribution in [0.15, 0.2) is 30.5 Å². The highest BCUT2D eigenvalue weighted by molar-refractivity contribution is 6.31. The zero-order valence-electron chi connectivity index (χ0n) is 10.2. The molecule has 3 nitrogen and oxygen atoms in total. The van der Waals surface area contributed by atoms with Crippen molar-refractivity contribution in [1.82, 2.24) is 15.1 Å². The summed E-state index contributed by atoms with van der Waals surface area (Å²) < 4.78 is 1.83. The smallest absolute Gasteiger partial charge is 0.0644 e. The highest BCUT2D eigenvalue weighted by atomic mass is 35.5. The molecule has 0 amide bonds. The predicted octanol–water partition coefficient (Wildman–Crippen LogP) is 2.69. The van der Waals surface area contributed by atoms with Crippen LogP contribution < -0.4 is 5.32 Å². The number of hydrogen-bond donors (Lipinski definition) is 1. The number of rotatable bonds is 3. The molecule has 1 N–H and O–H groups in total.